The van der Waals surface area contributed by atoms with Crippen LogP contribution in [-0.2, 0) is 14.2 Å². The predicted octanol–water partition coefficient (Wildman–Crippen LogP) is 1.61. The Kier molecular flexibility index (Phi) is 12.8. The van der Waals surface area contributed by atoms with Crippen LogP contribution >= 0.6 is 0 Å². The summed E-state index contributed by atoms with van der Waals surface area (Å²) >= 11 is 0. The summed E-state index contributed by atoms with van der Waals surface area (Å²) < 4.78 is 15.6. The van der Waals surface area contributed by atoms with Crippen molar-refractivity contribution in [1.82, 2.24) is 0 Å². The molecule has 0 saturated heterocycles. The summed E-state index contributed by atoms with van der Waals surface area (Å²) in [4.78, 5) is 0. The van der Waals surface area contributed by atoms with Crippen LogP contribution in [-0.4, -0.2) is 51.4 Å². The SMILES string of the molecule is COCCOCCCOCCCCC(C)O. The number of aliphatic hydroxyl groups excluding tert-OH is 1. The van der Waals surface area contributed by atoms with Crippen molar-refractivity contribution >= 4 is 0 Å². The highest BCUT2D eigenvalue weighted by Crippen LogP contribution is 2.00. The van der Waals surface area contributed by atoms with Crippen LogP contribution in [0.25, 0.3) is 0 Å². The van der Waals surface area contributed by atoms with Gasteiger partial charge in [-0.3, -0.25) is 0 Å². The highest BCUT2D eigenvalue weighted by Gasteiger charge is 1.95. The molecule has 16 heavy (non-hydrogen) atoms. The molecule has 0 amide bonds. The molecule has 0 aliphatic heterocycles. The van der Waals surface area contributed by atoms with Crippen LogP contribution in [0.5, 0.6) is 0 Å². The summed E-state index contributed by atoms with van der Waals surface area (Å²) in [6.45, 7) is 5.40. The zero-order valence-electron chi connectivity index (χ0n) is 10.6. The van der Waals surface area contributed by atoms with Gasteiger partial charge in [0.1, 0.15) is 0 Å². The third-order valence-corrected chi connectivity index (χ3v) is 2.17. The van der Waals surface area contributed by atoms with E-state index in [0.717, 1.165) is 45.5 Å². The fourth-order valence-electron chi connectivity index (χ4n) is 1.25. The van der Waals surface area contributed by atoms with Gasteiger partial charge in [-0.25, -0.2) is 0 Å². The van der Waals surface area contributed by atoms with Gasteiger partial charge in [0.25, 0.3) is 0 Å². The molecule has 0 radical (unpaired) electrons. The van der Waals surface area contributed by atoms with Gasteiger partial charge < -0.3 is 19.3 Å². The molecular weight excluding hydrogens is 208 g/mol. The minimum Gasteiger partial charge on any atom is -0.393 e. The molecule has 0 heterocycles. The van der Waals surface area contributed by atoms with E-state index in [0.29, 0.717) is 13.2 Å². The Hall–Kier alpha value is -0.160. The molecule has 0 fully saturated rings. The molecule has 1 unspecified atom stereocenters. The standard InChI is InChI=1S/C12H26O4/c1-12(13)6-3-4-7-15-8-5-9-16-11-10-14-2/h12-13H,3-11H2,1-2H3. The van der Waals surface area contributed by atoms with Crippen LogP contribution in [0.3, 0.4) is 0 Å². The van der Waals surface area contributed by atoms with E-state index < -0.39 is 0 Å². The van der Waals surface area contributed by atoms with Gasteiger partial charge in [0.15, 0.2) is 0 Å². The highest BCUT2D eigenvalue weighted by atomic mass is 16.5. The normalized spacial score (nSPS) is 12.9. The lowest BCUT2D eigenvalue weighted by Gasteiger charge is -2.06. The quantitative estimate of drug-likeness (QED) is 0.521. The Morgan fingerprint density at radius 2 is 1.50 bits per heavy atom. The second-order valence-corrected chi connectivity index (χ2v) is 3.92. The molecule has 4 nitrogen and oxygen atoms in total. The average Bonchev–Trinajstić information content (AvgIpc) is 2.25. The van der Waals surface area contributed by atoms with E-state index in [1.807, 2.05) is 6.92 Å². The first-order valence-corrected chi connectivity index (χ1v) is 6.10. The van der Waals surface area contributed by atoms with Crippen molar-refractivity contribution < 1.29 is 19.3 Å². The van der Waals surface area contributed by atoms with Crippen LogP contribution in [0.15, 0.2) is 0 Å². The lowest BCUT2D eigenvalue weighted by molar-refractivity contribution is 0.0504. The van der Waals surface area contributed by atoms with Crippen molar-refractivity contribution in [2.24, 2.45) is 0 Å². The van der Waals surface area contributed by atoms with E-state index in [2.05, 4.69) is 0 Å². The fourth-order valence-corrected chi connectivity index (χ4v) is 1.25. The molecule has 0 spiro atoms. The van der Waals surface area contributed by atoms with Crippen LogP contribution in [0.4, 0.5) is 0 Å². The number of unbranched alkanes of at least 4 members (excludes halogenated alkanes) is 1. The number of ether oxygens (including phenoxy) is 3. The monoisotopic (exact) mass is 234 g/mol. The van der Waals surface area contributed by atoms with Crippen molar-refractivity contribution in [2.75, 3.05) is 40.1 Å². The zero-order chi connectivity index (χ0) is 12.1. The highest BCUT2D eigenvalue weighted by molar-refractivity contribution is 4.47. The molecule has 0 rings (SSSR count). The van der Waals surface area contributed by atoms with Gasteiger partial charge in [-0.1, -0.05) is 0 Å². The van der Waals surface area contributed by atoms with Gasteiger partial charge in [-0.15, -0.1) is 0 Å². The second-order valence-electron chi connectivity index (χ2n) is 3.92. The van der Waals surface area contributed by atoms with E-state index >= 15 is 0 Å². The van der Waals surface area contributed by atoms with Crippen LogP contribution < -0.4 is 0 Å². The van der Waals surface area contributed by atoms with E-state index in [9.17, 15) is 0 Å². The van der Waals surface area contributed by atoms with Gasteiger partial charge in [0.2, 0.25) is 0 Å². The number of aliphatic hydroxyl groups is 1. The van der Waals surface area contributed by atoms with Gasteiger partial charge in [0, 0.05) is 26.9 Å². The third kappa shape index (κ3) is 13.8. The first-order chi connectivity index (χ1) is 7.77. The summed E-state index contributed by atoms with van der Waals surface area (Å²) in [5, 5.41) is 9.03. The Bertz CT molecular complexity index is 128. The summed E-state index contributed by atoms with van der Waals surface area (Å²) in [5.41, 5.74) is 0. The summed E-state index contributed by atoms with van der Waals surface area (Å²) in [7, 11) is 1.67. The number of hydrogen-bond donors (Lipinski definition) is 1. The van der Waals surface area contributed by atoms with E-state index in [1.54, 1.807) is 7.11 Å². The molecule has 0 aromatic heterocycles. The molecule has 1 atom stereocenters. The molecule has 0 aromatic carbocycles. The molecular formula is C12H26O4. The van der Waals surface area contributed by atoms with Crippen molar-refractivity contribution in [3.05, 3.63) is 0 Å². The molecule has 0 bridgehead atoms. The Labute approximate surface area is 98.9 Å². The summed E-state index contributed by atoms with van der Waals surface area (Å²) in [5.74, 6) is 0. The van der Waals surface area contributed by atoms with Crippen LogP contribution in [0, 0.1) is 0 Å². The Morgan fingerprint density at radius 1 is 0.875 bits per heavy atom. The largest absolute Gasteiger partial charge is 0.393 e. The lowest BCUT2D eigenvalue weighted by atomic mass is 10.2. The number of hydrogen-bond acceptors (Lipinski definition) is 4. The fraction of sp³-hybridized carbons (Fsp3) is 1.00. The van der Waals surface area contributed by atoms with Gasteiger partial charge >= 0.3 is 0 Å². The molecule has 0 aliphatic rings. The molecule has 0 saturated carbocycles. The van der Waals surface area contributed by atoms with E-state index in [4.69, 9.17) is 19.3 Å². The zero-order valence-corrected chi connectivity index (χ0v) is 10.6. The first-order valence-electron chi connectivity index (χ1n) is 6.10. The van der Waals surface area contributed by atoms with Gasteiger partial charge in [-0.05, 0) is 32.6 Å². The third-order valence-electron chi connectivity index (χ3n) is 2.17. The lowest BCUT2D eigenvalue weighted by Crippen LogP contribution is -2.06. The van der Waals surface area contributed by atoms with Gasteiger partial charge in [-0.2, -0.15) is 0 Å². The number of rotatable bonds is 12. The van der Waals surface area contributed by atoms with E-state index in [-0.39, 0.29) is 6.10 Å². The minimum atomic E-state index is -0.186. The average molecular weight is 234 g/mol. The van der Waals surface area contributed by atoms with Crippen molar-refractivity contribution in [3.8, 4) is 0 Å². The molecule has 4 heteroatoms. The van der Waals surface area contributed by atoms with E-state index in [1.165, 1.54) is 0 Å². The maximum atomic E-state index is 9.03. The number of methoxy groups -OCH3 is 1. The summed E-state index contributed by atoms with van der Waals surface area (Å²) in [6.07, 6.45) is 3.66. The predicted molar refractivity (Wildman–Crippen MR) is 63.7 cm³/mol. The molecule has 0 aliphatic carbocycles. The maximum absolute atomic E-state index is 9.03. The van der Waals surface area contributed by atoms with Crippen LogP contribution in [0.2, 0.25) is 0 Å². The van der Waals surface area contributed by atoms with Crippen molar-refractivity contribution in [2.45, 2.75) is 38.7 Å². The van der Waals surface area contributed by atoms with Crippen molar-refractivity contribution in [1.29, 1.82) is 0 Å². The summed E-state index contributed by atoms with van der Waals surface area (Å²) in [6, 6.07) is 0. The Balaban J connectivity index is 2.88. The Morgan fingerprint density at radius 3 is 2.12 bits per heavy atom. The minimum absolute atomic E-state index is 0.186. The van der Waals surface area contributed by atoms with Crippen LogP contribution in [0.1, 0.15) is 32.6 Å². The molecule has 98 valence electrons. The molecule has 0 aromatic rings. The van der Waals surface area contributed by atoms with Crippen molar-refractivity contribution in [3.63, 3.8) is 0 Å². The molecule has 1 N–H and O–H groups in total. The first kappa shape index (κ1) is 15.8. The maximum Gasteiger partial charge on any atom is 0.0700 e. The van der Waals surface area contributed by atoms with Gasteiger partial charge in [0.05, 0.1) is 19.3 Å². The second kappa shape index (κ2) is 12.9. The topological polar surface area (TPSA) is 47.9 Å². The smallest absolute Gasteiger partial charge is 0.0700 e.